The molecule has 84 valence electrons. The Bertz CT molecular complexity index is 486. The second kappa shape index (κ2) is 2.93. The van der Waals surface area contributed by atoms with Gasteiger partial charge in [0.15, 0.2) is 11.6 Å². The molecule has 2 aliphatic rings. The van der Waals surface area contributed by atoms with Crippen LogP contribution in [0.25, 0.3) is 0 Å². The molecule has 0 bridgehead atoms. The molecule has 0 aromatic heterocycles. The molecule has 0 saturated heterocycles. The highest BCUT2D eigenvalue weighted by molar-refractivity contribution is 5.77. The van der Waals surface area contributed by atoms with E-state index in [-0.39, 0.29) is 23.8 Å². The molecule has 1 aliphatic carbocycles. The van der Waals surface area contributed by atoms with Crippen LogP contribution < -0.4 is 4.74 Å². The molecule has 3 nitrogen and oxygen atoms in total. The molecule has 0 amide bonds. The van der Waals surface area contributed by atoms with Gasteiger partial charge in [0.1, 0.15) is 5.82 Å². The third-order valence-electron chi connectivity index (χ3n) is 3.30. The third-order valence-corrected chi connectivity index (χ3v) is 3.30. The Labute approximate surface area is 89.6 Å². The van der Waals surface area contributed by atoms with Crippen LogP contribution in [0.2, 0.25) is 0 Å². The van der Waals surface area contributed by atoms with E-state index in [0.29, 0.717) is 0 Å². The lowest BCUT2D eigenvalue weighted by Gasteiger charge is -2.17. The second-order valence-corrected chi connectivity index (χ2v) is 4.14. The van der Waals surface area contributed by atoms with Crippen LogP contribution >= 0.6 is 0 Å². The minimum Gasteiger partial charge on any atom is -0.490 e. The normalized spacial score (nSPS) is 30.0. The number of aliphatic carboxylic acids is 1. The van der Waals surface area contributed by atoms with Crippen LogP contribution in [0.1, 0.15) is 11.5 Å². The van der Waals surface area contributed by atoms with Gasteiger partial charge in [0.05, 0.1) is 12.5 Å². The first-order chi connectivity index (χ1) is 7.61. The summed E-state index contributed by atoms with van der Waals surface area (Å²) in [5.41, 5.74) is 0.0867. The second-order valence-electron chi connectivity index (χ2n) is 4.14. The van der Waals surface area contributed by atoms with Crippen LogP contribution in [0.5, 0.6) is 5.75 Å². The zero-order chi connectivity index (χ0) is 11.4. The number of carboxylic acids is 1. The van der Waals surface area contributed by atoms with E-state index < -0.39 is 29.4 Å². The number of hydrogen-bond donors (Lipinski definition) is 1. The fraction of sp³-hybridized carbons (Fsp3) is 0.364. The molecule has 1 heterocycles. The van der Waals surface area contributed by atoms with Crippen LogP contribution in [-0.2, 0) is 4.79 Å². The van der Waals surface area contributed by atoms with Crippen molar-refractivity contribution in [1.82, 2.24) is 0 Å². The predicted octanol–water partition coefficient (Wildman–Crippen LogP) is 1.77. The van der Waals surface area contributed by atoms with Crippen molar-refractivity contribution in [2.45, 2.75) is 5.92 Å². The Morgan fingerprint density at radius 2 is 2.06 bits per heavy atom. The molecule has 3 atom stereocenters. The van der Waals surface area contributed by atoms with Crippen LogP contribution in [-0.4, -0.2) is 17.7 Å². The van der Waals surface area contributed by atoms with Gasteiger partial charge in [-0.1, -0.05) is 0 Å². The Balaban J connectivity index is 2.10. The Hall–Kier alpha value is -1.65. The Morgan fingerprint density at radius 3 is 2.75 bits per heavy atom. The third kappa shape index (κ3) is 1.08. The number of ether oxygens (including phenoxy) is 1. The van der Waals surface area contributed by atoms with Gasteiger partial charge >= 0.3 is 5.97 Å². The Morgan fingerprint density at radius 1 is 1.38 bits per heavy atom. The van der Waals surface area contributed by atoms with E-state index in [0.717, 1.165) is 12.1 Å². The molecule has 1 fully saturated rings. The molecule has 3 rings (SSSR count). The van der Waals surface area contributed by atoms with E-state index in [2.05, 4.69) is 0 Å². The number of rotatable bonds is 1. The average Bonchev–Trinajstić information content (AvgIpc) is 2.97. The first-order valence-corrected chi connectivity index (χ1v) is 4.94. The number of halogens is 2. The standard InChI is InChI=1S/C11H8F2O3/c12-5-1-2-6(13)10-9(5)7-4(3-16-10)8(7)11(14)15/h1-2,4,7-8H,3H2,(H,14,15)/t4-,7+,8?/m1/s1. The summed E-state index contributed by atoms with van der Waals surface area (Å²) in [5.74, 6) is -3.61. The van der Waals surface area contributed by atoms with Gasteiger partial charge in [0.2, 0.25) is 0 Å². The van der Waals surface area contributed by atoms with Crippen molar-refractivity contribution in [1.29, 1.82) is 0 Å². The van der Waals surface area contributed by atoms with E-state index in [4.69, 9.17) is 9.84 Å². The maximum atomic E-state index is 13.5. The molecule has 0 radical (unpaired) electrons. The fourth-order valence-corrected chi connectivity index (χ4v) is 2.50. The summed E-state index contributed by atoms with van der Waals surface area (Å²) in [5, 5.41) is 8.90. The van der Waals surface area contributed by atoms with Crippen LogP contribution in [0.4, 0.5) is 8.78 Å². The number of carboxylic acid groups (broad SMARTS) is 1. The lowest BCUT2D eigenvalue weighted by atomic mass is 10.0. The molecule has 1 aromatic rings. The Kier molecular flexibility index (Phi) is 1.75. The van der Waals surface area contributed by atoms with E-state index in [1.54, 1.807) is 0 Å². The summed E-state index contributed by atoms with van der Waals surface area (Å²) in [6.07, 6.45) is 0. The molecular formula is C11H8F2O3. The van der Waals surface area contributed by atoms with Crippen molar-refractivity contribution in [3.8, 4) is 5.75 Å². The molecule has 0 spiro atoms. The smallest absolute Gasteiger partial charge is 0.307 e. The summed E-state index contributed by atoms with van der Waals surface area (Å²) in [4.78, 5) is 10.9. The maximum Gasteiger partial charge on any atom is 0.307 e. The highest BCUT2D eigenvalue weighted by Gasteiger charge is 2.60. The van der Waals surface area contributed by atoms with E-state index in [1.165, 1.54) is 0 Å². The van der Waals surface area contributed by atoms with Crippen molar-refractivity contribution in [3.05, 3.63) is 29.3 Å². The van der Waals surface area contributed by atoms with Gasteiger partial charge in [0, 0.05) is 17.4 Å². The van der Waals surface area contributed by atoms with Gasteiger partial charge in [-0.05, 0) is 12.1 Å². The van der Waals surface area contributed by atoms with Gasteiger partial charge in [-0.25, -0.2) is 8.78 Å². The minimum absolute atomic E-state index is 0.0867. The quantitative estimate of drug-likeness (QED) is 0.793. The first-order valence-electron chi connectivity index (χ1n) is 4.94. The van der Waals surface area contributed by atoms with E-state index >= 15 is 0 Å². The first kappa shape index (κ1) is 9.57. The highest BCUT2D eigenvalue weighted by Crippen LogP contribution is 2.60. The van der Waals surface area contributed by atoms with Crippen LogP contribution in [0.15, 0.2) is 12.1 Å². The van der Waals surface area contributed by atoms with Crippen LogP contribution in [0, 0.1) is 23.5 Å². The summed E-state index contributed by atoms with van der Waals surface area (Å²) < 4.78 is 31.9. The molecule has 1 aliphatic heterocycles. The molecule has 1 unspecified atom stereocenters. The monoisotopic (exact) mass is 226 g/mol. The predicted molar refractivity (Wildman–Crippen MR) is 49.2 cm³/mol. The van der Waals surface area contributed by atoms with Crippen molar-refractivity contribution in [3.63, 3.8) is 0 Å². The molecule has 16 heavy (non-hydrogen) atoms. The van der Waals surface area contributed by atoms with Gasteiger partial charge in [-0.15, -0.1) is 0 Å². The van der Waals surface area contributed by atoms with Gasteiger partial charge in [-0.2, -0.15) is 0 Å². The van der Waals surface area contributed by atoms with Crippen molar-refractivity contribution < 1.29 is 23.4 Å². The largest absolute Gasteiger partial charge is 0.490 e. The summed E-state index contributed by atoms with van der Waals surface area (Å²) in [6.45, 7) is 0.148. The fourth-order valence-electron chi connectivity index (χ4n) is 2.50. The average molecular weight is 226 g/mol. The van der Waals surface area contributed by atoms with E-state index in [9.17, 15) is 13.6 Å². The van der Waals surface area contributed by atoms with Gasteiger partial charge < -0.3 is 9.84 Å². The zero-order valence-electron chi connectivity index (χ0n) is 8.11. The number of benzene rings is 1. The minimum atomic E-state index is -0.977. The van der Waals surface area contributed by atoms with Crippen molar-refractivity contribution >= 4 is 5.97 Å². The number of carbonyl (C=O) groups is 1. The van der Waals surface area contributed by atoms with Crippen molar-refractivity contribution in [2.75, 3.05) is 6.61 Å². The summed E-state index contributed by atoms with van der Waals surface area (Å²) in [7, 11) is 0. The SMILES string of the molecule is O=C(O)C1[C@H]2c3c(F)ccc(F)c3OC[C@@H]12. The number of fused-ring (bicyclic) bond motifs is 3. The van der Waals surface area contributed by atoms with Crippen molar-refractivity contribution in [2.24, 2.45) is 11.8 Å². The molecular weight excluding hydrogens is 218 g/mol. The molecule has 1 aromatic carbocycles. The molecule has 1 N–H and O–H groups in total. The molecule has 5 heteroatoms. The molecule has 1 saturated carbocycles. The summed E-state index contributed by atoms with van der Waals surface area (Å²) in [6, 6.07) is 2.00. The van der Waals surface area contributed by atoms with Gasteiger partial charge in [0.25, 0.3) is 0 Å². The van der Waals surface area contributed by atoms with Gasteiger partial charge in [-0.3, -0.25) is 4.79 Å². The lowest BCUT2D eigenvalue weighted by molar-refractivity contribution is -0.139. The maximum absolute atomic E-state index is 13.5. The zero-order valence-corrected chi connectivity index (χ0v) is 8.11. The highest BCUT2D eigenvalue weighted by atomic mass is 19.1. The number of hydrogen-bond acceptors (Lipinski definition) is 2. The topological polar surface area (TPSA) is 46.5 Å². The van der Waals surface area contributed by atoms with E-state index in [1.807, 2.05) is 0 Å². The summed E-state index contributed by atoms with van der Waals surface area (Å²) >= 11 is 0. The lowest BCUT2D eigenvalue weighted by Crippen LogP contribution is -2.11. The van der Waals surface area contributed by atoms with Crippen LogP contribution in [0.3, 0.4) is 0 Å².